The smallest absolute Gasteiger partial charge is 0.0443 e. The Bertz CT molecular complexity index is 998. The van der Waals surface area contributed by atoms with E-state index >= 15 is 0 Å². The van der Waals surface area contributed by atoms with Gasteiger partial charge in [0, 0.05) is 60.6 Å². The van der Waals surface area contributed by atoms with Crippen molar-refractivity contribution in [1.82, 2.24) is 14.6 Å². The van der Waals surface area contributed by atoms with Crippen LogP contribution in [-0.4, -0.2) is 41.2 Å². The number of nitrogens with two attached hydrogens (primary N) is 1. The second-order valence-electron chi connectivity index (χ2n) is 7.83. The van der Waals surface area contributed by atoms with Gasteiger partial charge in [-0.25, -0.2) is 0 Å². The molecule has 5 nitrogen and oxygen atoms in total. The maximum absolute atomic E-state index is 6.16. The van der Waals surface area contributed by atoms with E-state index in [1.807, 2.05) is 37.5 Å². The number of rotatable bonds is 7. The molecule has 0 atom stereocenters. The Hall–Kier alpha value is -2.28. The number of nitrogen functional groups attached to an aromatic ring is 1. The van der Waals surface area contributed by atoms with Gasteiger partial charge in [-0.2, -0.15) is 0 Å². The van der Waals surface area contributed by atoms with E-state index in [4.69, 9.17) is 5.73 Å². The zero-order valence-electron chi connectivity index (χ0n) is 17.8. The summed E-state index contributed by atoms with van der Waals surface area (Å²) in [5, 5.41) is 9.42. The molecule has 158 valence electrons. The highest BCUT2D eigenvalue weighted by Gasteiger charge is 2.20. The van der Waals surface area contributed by atoms with Gasteiger partial charge in [-0.15, -0.1) is 0 Å². The Morgan fingerprint density at radius 3 is 2.73 bits per heavy atom. The molecule has 0 aliphatic carbocycles. The van der Waals surface area contributed by atoms with E-state index in [-0.39, 0.29) is 0 Å². The van der Waals surface area contributed by atoms with Gasteiger partial charge >= 0.3 is 0 Å². The molecule has 0 radical (unpaired) electrons. The third-order valence-electron chi connectivity index (χ3n) is 5.72. The summed E-state index contributed by atoms with van der Waals surface area (Å²) in [6.45, 7) is 5.25. The van der Waals surface area contributed by atoms with E-state index in [2.05, 4.69) is 57.2 Å². The van der Waals surface area contributed by atoms with E-state index in [1.54, 1.807) is 0 Å². The molecule has 2 aromatic carbocycles. The minimum absolute atomic E-state index is 0.489. The quantitative estimate of drug-likeness (QED) is 0.378. The van der Waals surface area contributed by atoms with Gasteiger partial charge in [-0.1, -0.05) is 24.9 Å². The lowest BCUT2D eigenvalue weighted by atomic mass is 9.97. The summed E-state index contributed by atoms with van der Waals surface area (Å²) in [5.74, 6) is 1.15. The average molecular weight is 422 g/mol. The monoisotopic (exact) mass is 421 g/mol. The van der Waals surface area contributed by atoms with Crippen LogP contribution in [0.5, 0.6) is 0 Å². The Balaban J connectivity index is 1.64. The summed E-state index contributed by atoms with van der Waals surface area (Å²) in [4.78, 5) is 4.38. The molecule has 2 heterocycles. The fraction of sp³-hybridized carbons (Fsp3) is 0.375. The number of nitrogens with one attached hydrogen (secondary N) is 2. The number of hydrogen-bond acceptors (Lipinski definition) is 6. The Morgan fingerprint density at radius 2 is 1.97 bits per heavy atom. The van der Waals surface area contributed by atoms with Crippen molar-refractivity contribution in [3.63, 3.8) is 0 Å². The second kappa shape index (κ2) is 9.69. The van der Waals surface area contributed by atoms with E-state index in [0.717, 1.165) is 49.5 Å². The molecular weight excluding hydrogens is 390 g/mol. The number of anilines is 2. The summed E-state index contributed by atoms with van der Waals surface area (Å²) in [6.07, 6.45) is 6.16. The van der Waals surface area contributed by atoms with Crippen molar-refractivity contribution < 1.29 is 0 Å². The fourth-order valence-electron chi connectivity index (χ4n) is 4.15. The molecule has 3 aromatic rings. The molecular formula is C24H31N5S. The van der Waals surface area contributed by atoms with Gasteiger partial charge in [0.05, 0.1) is 0 Å². The van der Waals surface area contributed by atoms with Crippen molar-refractivity contribution in [2.75, 3.05) is 36.9 Å². The van der Waals surface area contributed by atoms with Crippen LogP contribution in [0.15, 0.2) is 48.8 Å². The van der Waals surface area contributed by atoms with Crippen LogP contribution >= 0.6 is 11.9 Å². The molecule has 1 aliphatic rings. The van der Waals surface area contributed by atoms with Gasteiger partial charge in [0.1, 0.15) is 0 Å². The molecule has 0 spiro atoms. The number of piperidine rings is 1. The number of fused-ring (bicyclic) bond motifs is 1. The first-order valence-electron chi connectivity index (χ1n) is 10.7. The average Bonchev–Trinajstić information content (AvgIpc) is 2.77. The zero-order valence-corrected chi connectivity index (χ0v) is 18.6. The normalized spacial score (nSPS) is 15.5. The maximum Gasteiger partial charge on any atom is 0.0443 e. The van der Waals surface area contributed by atoms with Crippen molar-refractivity contribution in [2.45, 2.75) is 32.4 Å². The number of nitrogens with zero attached hydrogens (tertiary/aromatic N) is 2. The number of benzene rings is 2. The van der Waals surface area contributed by atoms with Crippen LogP contribution in [0.1, 0.15) is 25.3 Å². The van der Waals surface area contributed by atoms with E-state index < -0.39 is 0 Å². The summed E-state index contributed by atoms with van der Waals surface area (Å²) < 4.78 is 2.49. The number of aromatic nitrogens is 1. The highest BCUT2D eigenvalue weighted by molar-refractivity contribution is 7.96. The first-order chi connectivity index (χ1) is 14.7. The molecule has 30 heavy (non-hydrogen) atoms. The highest BCUT2D eigenvalue weighted by Crippen LogP contribution is 2.33. The Labute approximate surface area is 183 Å². The van der Waals surface area contributed by atoms with Crippen LogP contribution in [0.25, 0.3) is 21.9 Å². The molecule has 1 saturated heterocycles. The predicted octanol–water partition coefficient (Wildman–Crippen LogP) is 4.75. The first-order valence-corrected chi connectivity index (χ1v) is 11.7. The summed E-state index contributed by atoms with van der Waals surface area (Å²) >= 11 is 1.95. The van der Waals surface area contributed by atoms with E-state index in [1.165, 1.54) is 27.6 Å². The Morgan fingerprint density at radius 1 is 1.13 bits per heavy atom. The van der Waals surface area contributed by atoms with E-state index in [0.29, 0.717) is 6.04 Å². The van der Waals surface area contributed by atoms with Crippen LogP contribution < -0.4 is 16.4 Å². The molecule has 1 aliphatic heterocycles. The van der Waals surface area contributed by atoms with Gasteiger partial charge < -0.3 is 16.4 Å². The molecule has 6 heteroatoms. The zero-order chi connectivity index (χ0) is 20.9. The van der Waals surface area contributed by atoms with Crippen LogP contribution in [0.2, 0.25) is 0 Å². The van der Waals surface area contributed by atoms with Crippen LogP contribution in [0, 0.1) is 0 Å². The minimum Gasteiger partial charge on any atom is -0.398 e. The molecule has 4 rings (SSSR count). The highest BCUT2D eigenvalue weighted by atomic mass is 32.2. The van der Waals surface area contributed by atoms with Crippen molar-refractivity contribution >= 4 is 34.1 Å². The SMILES string of the molecule is CCSN1CCC(Nc2cc(-c3ccc(N)c(CNC)c3)cc3ccncc23)CC1. The van der Waals surface area contributed by atoms with Crippen molar-refractivity contribution in [3.05, 3.63) is 54.4 Å². The number of pyridine rings is 1. The standard InChI is InChI=1S/C24H31N5S/c1-3-30-29-10-7-21(8-11-29)28-24-14-19(13-18-6-9-27-16-22(18)24)17-4-5-23(25)20(12-17)15-26-2/h4-6,9,12-14,16,21,26,28H,3,7-8,10-11,15,25H2,1-2H3. The molecule has 0 saturated carbocycles. The molecule has 4 N–H and O–H groups in total. The summed E-state index contributed by atoms with van der Waals surface area (Å²) in [5.41, 5.74) is 11.7. The minimum atomic E-state index is 0.489. The molecule has 0 amide bonds. The fourth-order valence-corrected chi connectivity index (χ4v) is 4.98. The van der Waals surface area contributed by atoms with Crippen LogP contribution in [0.4, 0.5) is 11.4 Å². The van der Waals surface area contributed by atoms with Gasteiger partial charge in [-0.3, -0.25) is 9.29 Å². The third kappa shape index (κ3) is 4.72. The largest absolute Gasteiger partial charge is 0.398 e. The predicted molar refractivity (Wildman–Crippen MR) is 131 cm³/mol. The van der Waals surface area contributed by atoms with Gasteiger partial charge in [0.15, 0.2) is 0 Å². The second-order valence-corrected chi connectivity index (χ2v) is 9.18. The van der Waals surface area contributed by atoms with Crippen LogP contribution in [-0.2, 0) is 6.54 Å². The number of hydrogen-bond donors (Lipinski definition) is 3. The van der Waals surface area contributed by atoms with Crippen molar-refractivity contribution in [3.8, 4) is 11.1 Å². The summed E-state index contributed by atoms with van der Waals surface area (Å²) in [6, 6.07) is 13.4. The third-order valence-corrected chi connectivity index (χ3v) is 6.71. The Kier molecular flexibility index (Phi) is 6.77. The molecule has 0 unspecified atom stereocenters. The van der Waals surface area contributed by atoms with E-state index in [9.17, 15) is 0 Å². The molecule has 1 aromatic heterocycles. The topological polar surface area (TPSA) is 66.2 Å². The van der Waals surface area contributed by atoms with Crippen molar-refractivity contribution in [2.24, 2.45) is 0 Å². The molecule has 0 bridgehead atoms. The summed E-state index contributed by atoms with van der Waals surface area (Å²) in [7, 11) is 1.95. The van der Waals surface area contributed by atoms with Crippen molar-refractivity contribution in [1.29, 1.82) is 0 Å². The van der Waals surface area contributed by atoms with Gasteiger partial charge in [0.25, 0.3) is 0 Å². The molecule has 1 fully saturated rings. The lowest BCUT2D eigenvalue weighted by molar-refractivity contribution is 0.359. The first kappa shape index (κ1) is 21.0. The van der Waals surface area contributed by atoms with Crippen LogP contribution in [0.3, 0.4) is 0 Å². The van der Waals surface area contributed by atoms with Gasteiger partial charge in [-0.05, 0) is 72.3 Å². The maximum atomic E-state index is 6.16. The lowest BCUT2D eigenvalue weighted by Crippen LogP contribution is -2.35. The lowest BCUT2D eigenvalue weighted by Gasteiger charge is -2.32. The van der Waals surface area contributed by atoms with Gasteiger partial charge in [0.2, 0.25) is 0 Å².